The molecule has 0 N–H and O–H groups in total. The summed E-state index contributed by atoms with van der Waals surface area (Å²) in [5.41, 5.74) is 4.37. The van der Waals surface area contributed by atoms with Crippen LogP contribution < -0.4 is 4.74 Å². The van der Waals surface area contributed by atoms with Gasteiger partial charge in [-0.1, -0.05) is 24.3 Å². The Morgan fingerprint density at radius 1 is 0.938 bits per heavy atom. The minimum Gasteiger partial charge on any atom is -0.494 e. The molecule has 0 fully saturated rings. The van der Waals surface area contributed by atoms with E-state index < -0.39 is 5.60 Å². The lowest BCUT2D eigenvalue weighted by atomic mass is 10.1. The average Bonchev–Trinajstić information content (AvgIpc) is 3.21. The minimum absolute atomic E-state index is 0.292. The van der Waals surface area contributed by atoms with Crippen molar-refractivity contribution in [1.82, 2.24) is 9.55 Å². The molecule has 3 aromatic carbocycles. The molecule has 0 unspecified atom stereocenters. The smallest absolute Gasteiger partial charge is 0.338 e. The molecular formula is C27H28N2O3. The Hall–Kier alpha value is -3.60. The Bertz CT molecular complexity index is 1190. The van der Waals surface area contributed by atoms with E-state index >= 15 is 0 Å². The van der Waals surface area contributed by atoms with Crippen LogP contribution in [0.15, 0.2) is 79.1 Å². The first-order chi connectivity index (χ1) is 15.4. The van der Waals surface area contributed by atoms with Crippen LogP contribution in [0.5, 0.6) is 5.75 Å². The Morgan fingerprint density at radius 2 is 1.66 bits per heavy atom. The molecule has 5 heteroatoms. The summed E-state index contributed by atoms with van der Waals surface area (Å²) in [6, 6.07) is 23.7. The van der Waals surface area contributed by atoms with E-state index in [1.54, 1.807) is 0 Å². The van der Waals surface area contributed by atoms with Gasteiger partial charge in [0.2, 0.25) is 0 Å². The summed E-state index contributed by atoms with van der Waals surface area (Å²) in [7, 11) is 0. The first-order valence-electron chi connectivity index (χ1n) is 10.9. The van der Waals surface area contributed by atoms with E-state index in [9.17, 15) is 4.79 Å². The van der Waals surface area contributed by atoms with Crippen LogP contribution in [0.25, 0.3) is 16.7 Å². The van der Waals surface area contributed by atoms with Crippen molar-refractivity contribution >= 4 is 17.0 Å². The van der Waals surface area contributed by atoms with Crippen LogP contribution in [-0.2, 0) is 11.2 Å². The molecule has 32 heavy (non-hydrogen) atoms. The van der Waals surface area contributed by atoms with Gasteiger partial charge in [0.15, 0.2) is 0 Å². The molecule has 0 aliphatic carbocycles. The van der Waals surface area contributed by atoms with E-state index in [4.69, 9.17) is 9.47 Å². The van der Waals surface area contributed by atoms with E-state index in [0.29, 0.717) is 12.2 Å². The van der Waals surface area contributed by atoms with E-state index in [2.05, 4.69) is 15.6 Å². The molecule has 4 aromatic rings. The molecule has 0 aliphatic rings. The second-order valence-corrected chi connectivity index (χ2v) is 8.75. The number of fused-ring (bicyclic) bond motifs is 1. The van der Waals surface area contributed by atoms with Gasteiger partial charge in [0.1, 0.15) is 17.7 Å². The Morgan fingerprint density at radius 3 is 2.38 bits per heavy atom. The van der Waals surface area contributed by atoms with Gasteiger partial charge < -0.3 is 9.47 Å². The number of benzene rings is 3. The van der Waals surface area contributed by atoms with Gasteiger partial charge in [0.05, 0.1) is 23.2 Å². The number of carbonyl (C=O) groups excluding carboxylic acids is 1. The van der Waals surface area contributed by atoms with Crippen LogP contribution in [-0.4, -0.2) is 27.7 Å². The fourth-order valence-electron chi connectivity index (χ4n) is 3.48. The number of aromatic nitrogens is 2. The summed E-state index contributed by atoms with van der Waals surface area (Å²) < 4.78 is 13.4. The van der Waals surface area contributed by atoms with E-state index in [-0.39, 0.29) is 5.97 Å². The van der Waals surface area contributed by atoms with Crippen molar-refractivity contribution in [3.05, 3.63) is 90.3 Å². The highest BCUT2D eigenvalue weighted by Gasteiger charge is 2.17. The molecule has 0 saturated carbocycles. The lowest BCUT2D eigenvalue weighted by Gasteiger charge is -2.19. The van der Waals surface area contributed by atoms with Gasteiger partial charge in [-0.3, -0.25) is 4.57 Å². The van der Waals surface area contributed by atoms with Gasteiger partial charge >= 0.3 is 5.97 Å². The van der Waals surface area contributed by atoms with Crippen molar-refractivity contribution in [1.29, 1.82) is 0 Å². The largest absolute Gasteiger partial charge is 0.494 e. The number of nitrogens with zero attached hydrogens (tertiary/aromatic N) is 2. The number of carbonyl (C=O) groups is 1. The molecule has 0 bridgehead atoms. The van der Waals surface area contributed by atoms with Crippen molar-refractivity contribution in [2.75, 3.05) is 6.61 Å². The highest BCUT2D eigenvalue weighted by Crippen LogP contribution is 2.21. The van der Waals surface area contributed by atoms with Crippen LogP contribution in [0.2, 0.25) is 0 Å². The van der Waals surface area contributed by atoms with E-state index in [1.165, 1.54) is 5.56 Å². The zero-order valence-electron chi connectivity index (χ0n) is 18.7. The molecule has 1 aromatic heterocycles. The summed E-state index contributed by atoms with van der Waals surface area (Å²) in [4.78, 5) is 16.5. The maximum Gasteiger partial charge on any atom is 0.338 e. The molecule has 0 spiro atoms. The van der Waals surface area contributed by atoms with Gasteiger partial charge in [-0.05, 0) is 87.7 Å². The predicted octanol–water partition coefficient (Wildman–Crippen LogP) is 5.99. The molecule has 5 nitrogen and oxygen atoms in total. The number of hydrogen-bond donors (Lipinski definition) is 0. The summed E-state index contributed by atoms with van der Waals surface area (Å²) in [5.74, 6) is 0.554. The summed E-state index contributed by atoms with van der Waals surface area (Å²) in [5, 5.41) is 0. The number of ether oxygens (including phenoxy) is 2. The molecule has 0 aliphatic heterocycles. The number of rotatable bonds is 7. The lowest BCUT2D eigenvalue weighted by Crippen LogP contribution is -2.23. The first kappa shape index (κ1) is 21.6. The molecule has 0 amide bonds. The van der Waals surface area contributed by atoms with Crippen molar-refractivity contribution in [2.45, 2.75) is 39.2 Å². The molecule has 0 saturated heterocycles. The zero-order valence-corrected chi connectivity index (χ0v) is 18.7. The quantitative estimate of drug-likeness (QED) is 0.268. The number of imidazole rings is 1. The average molecular weight is 429 g/mol. The van der Waals surface area contributed by atoms with Gasteiger partial charge in [-0.2, -0.15) is 0 Å². The number of para-hydroxylation sites is 2. The maximum absolute atomic E-state index is 12.1. The molecule has 164 valence electrons. The molecule has 1 heterocycles. The Labute approximate surface area is 188 Å². The summed E-state index contributed by atoms with van der Waals surface area (Å²) in [6.07, 6.45) is 3.61. The van der Waals surface area contributed by atoms with Crippen molar-refractivity contribution in [2.24, 2.45) is 0 Å². The summed E-state index contributed by atoms with van der Waals surface area (Å²) >= 11 is 0. The monoisotopic (exact) mass is 428 g/mol. The van der Waals surface area contributed by atoms with Gasteiger partial charge in [-0.25, -0.2) is 9.78 Å². The fraction of sp³-hybridized carbons (Fsp3) is 0.259. The zero-order chi connectivity index (χ0) is 22.6. The maximum atomic E-state index is 12.1. The Balaban J connectivity index is 1.26. The van der Waals surface area contributed by atoms with Gasteiger partial charge in [-0.15, -0.1) is 0 Å². The second-order valence-electron chi connectivity index (χ2n) is 8.75. The second kappa shape index (κ2) is 9.27. The van der Waals surface area contributed by atoms with Crippen molar-refractivity contribution in [3.63, 3.8) is 0 Å². The minimum atomic E-state index is -0.488. The molecule has 4 rings (SSSR count). The van der Waals surface area contributed by atoms with Crippen LogP contribution in [0.1, 0.15) is 43.1 Å². The van der Waals surface area contributed by atoms with Crippen molar-refractivity contribution in [3.8, 4) is 11.4 Å². The highest BCUT2D eigenvalue weighted by molar-refractivity contribution is 5.89. The number of aryl methyl sites for hydroxylation is 1. The van der Waals surface area contributed by atoms with Crippen LogP contribution in [0.3, 0.4) is 0 Å². The standard InChI is InChI=1S/C27H28N2O3/c1-27(2,3)32-26(30)21-12-10-20(11-13-21)7-6-18-31-23-16-14-22(15-17-23)29-19-28-24-8-4-5-9-25(24)29/h4-5,8-17,19H,6-7,18H2,1-3H3. The lowest BCUT2D eigenvalue weighted by molar-refractivity contribution is 0.00695. The van der Waals surface area contributed by atoms with Crippen LogP contribution in [0, 0.1) is 0 Å². The normalized spacial score (nSPS) is 11.5. The first-order valence-corrected chi connectivity index (χ1v) is 10.9. The van der Waals surface area contributed by atoms with E-state index in [1.807, 2.05) is 93.8 Å². The van der Waals surface area contributed by atoms with Crippen molar-refractivity contribution < 1.29 is 14.3 Å². The third kappa shape index (κ3) is 5.35. The number of hydrogen-bond acceptors (Lipinski definition) is 4. The van der Waals surface area contributed by atoms with Crippen LogP contribution in [0.4, 0.5) is 0 Å². The molecule has 0 atom stereocenters. The van der Waals surface area contributed by atoms with Crippen LogP contribution >= 0.6 is 0 Å². The SMILES string of the molecule is CC(C)(C)OC(=O)c1ccc(CCCOc2ccc(-n3cnc4ccccc43)cc2)cc1. The van der Waals surface area contributed by atoms with Gasteiger partial charge in [0, 0.05) is 5.69 Å². The third-order valence-electron chi connectivity index (χ3n) is 5.04. The summed E-state index contributed by atoms with van der Waals surface area (Å²) in [6.45, 7) is 6.23. The molecule has 0 radical (unpaired) electrons. The fourth-order valence-corrected chi connectivity index (χ4v) is 3.48. The number of esters is 1. The molecular weight excluding hydrogens is 400 g/mol. The highest BCUT2D eigenvalue weighted by atomic mass is 16.6. The Kier molecular flexibility index (Phi) is 6.26. The van der Waals surface area contributed by atoms with E-state index in [0.717, 1.165) is 35.3 Å². The predicted molar refractivity (Wildman–Crippen MR) is 126 cm³/mol. The topological polar surface area (TPSA) is 53.4 Å². The third-order valence-corrected chi connectivity index (χ3v) is 5.04. The van der Waals surface area contributed by atoms with Gasteiger partial charge in [0.25, 0.3) is 0 Å².